The zero-order chi connectivity index (χ0) is 24.6. The normalized spacial score (nSPS) is 10.9. The largest absolute Gasteiger partial charge is 0.496 e. The smallest absolute Gasteiger partial charge is 0.248 e. The molecule has 0 bridgehead atoms. The van der Waals surface area contributed by atoms with Gasteiger partial charge in [0.15, 0.2) is 0 Å². The topological polar surface area (TPSA) is 65.4 Å². The number of nitrogens with zero attached hydrogens (tertiary/aromatic N) is 2. The molecule has 0 fully saturated rings. The molecule has 0 aliphatic heterocycles. The number of hydrogen-bond donors (Lipinski definition) is 1. The second-order valence-electron chi connectivity index (χ2n) is 8.00. The molecule has 1 aromatic heterocycles. The first-order valence-corrected chi connectivity index (χ1v) is 11.5. The van der Waals surface area contributed by atoms with E-state index < -0.39 is 0 Å². The maximum Gasteiger partial charge on any atom is 0.248 e. The summed E-state index contributed by atoms with van der Waals surface area (Å²) in [5.74, 6) is 1.31. The highest BCUT2D eigenvalue weighted by Crippen LogP contribution is 2.24. The molecule has 1 amide bonds. The molecule has 0 spiro atoms. The zero-order valence-corrected chi connectivity index (χ0v) is 20.3. The lowest BCUT2D eigenvalue weighted by Crippen LogP contribution is -2.07. The summed E-state index contributed by atoms with van der Waals surface area (Å²) in [6, 6.07) is 21.1. The molecule has 0 radical (unpaired) electrons. The molecule has 7 heteroatoms. The van der Waals surface area contributed by atoms with Crippen LogP contribution in [0.5, 0.6) is 11.5 Å². The van der Waals surface area contributed by atoms with Crippen LogP contribution in [0, 0.1) is 6.92 Å². The standard InChI is InChI=1S/C28H26ClN3O3/c1-20-5-3-4-6-26(20)35-19-23-15-21(9-13-27(23)34-2)10-14-28(33)31-25-16-30-32(18-25)17-22-7-11-24(29)12-8-22/h3-16,18H,17,19H2,1-2H3,(H,31,33)/b14-10+. The highest BCUT2D eigenvalue weighted by atomic mass is 35.5. The predicted octanol–water partition coefficient (Wildman–Crippen LogP) is 6.13. The molecule has 4 aromatic rings. The Labute approximate surface area is 209 Å². The van der Waals surface area contributed by atoms with Crippen LogP contribution < -0.4 is 14.8 Å². The quantitative estimate of drug-likeness (QED) is 0.288. The number of amides is 1. The molecule has 35 heavy (non-hydrogen) atoms. The number of hydrogen-bond acceptors (Lipinski definition) is 4. The summed E-state index contributed by atoms with van der Waals surface area (Å²) >= 11 is 5.93. The summed E-state index contributed by atoms with van der Waals surface area (Å²) in [7, 11) is 1.63. The maximum atomic E-state index is 12.4. The number of carbonyl (C=O) groups excluding carboxylic acids is 1. The van der Waals surface area contributed by atoms with Gasteiger partial charge in [-0.1, -0.05) is 48.0 Å². The Hall–Kier alpha value is -4.03. The van der Waals surface area contributed by atoms with Crippen molar-refractivity contribution in [1.82, 2.24) is 9.78 Å². The van der Waals surface area contributed by atoms with Crippen molar-refractivity contribution in [1.29, 1.82) is 0 Å². The van der Waals surface area contributed by atoms with Crippen molar-refractivity contribution in [3.8, 4) is 11.5 Å². The van der Waals surface area contributed by atoms with E-state index in [9.17, 15) is 4.79 Å². The van der Waals surface area contributed by atoms with Gasteiger partial charge in [0.05, 0.1) is 25.5 Å². The average Bonchev–Trinajstić information content (AvgIpc) is 3.30. The van der Waals surface area contributed by atoms with Gasteiger partial charge in [0.1, 0.15) is 18.1 Å². The number of rotatable bonds is 9. The molecule has 6 nitrogen and oxygen atoms in total. The summed E-state index contributed by atoms with van der Waals surface area (Å²) in [5.41, 5.74) is 4.51. The van der Waals surface area contributed by atoms with Crippen molar-refractivity contribution in [2.45, 2.75) is 20.1 Å². The predicted molar refractivity (Wildman–Crippen MR) is 139 cm³/mol. The van der Waals surface area contributed by atoms with Crippen LogP contribution in [0.4, 0.5) is 5.69 Å². The van der Waals surface area contributed by atoms with Crippen LogP contribution in [-0.4, -0.2) is 22.8 Å². The third-order valence-corrected chi connectivity index (χ3v) is 5.62. The van der Waals surface area contributed by atoms with Gasteiger partial charge in [-0.15, -0.1) is 0 Å². The number of nitrogens with one attached hydrogen (secondary N) is 1. The van der Waals surface area contributed by atoms with Crippen molar-refractivity contribution < 1.29 is 14.3 Å². The minimum absolute atomic E-state index is 0.246. The summed E-state index contributed by atoms with van der Waals surface area (Å²) in [6.07, 6.45) is 6.65. The fourth-order valence-corrected chi connectivity index (χ4v) is 3.66. The second kappa shape index (κ2) is 11.4. The van der Waals surface area contributed by atoms with Crippen molar-refractivity contribution >= 4 is 29.3 Å². The summed E-state index contributed by atoms with van der Waals surface area (Å²) in [6.45, 7) is 2.95. The van der Waals surface area contributed by atoms with Gasteiger partial charge >= 0.3 is 0 Å². The van der Waals surface area contributed by atoms with Crippen LogP contribution in [0.3, 0.4) is 0 Å². The van der Waals surface area contributed by atoms with E-state index in [1.807, 2.05) is 73.7 Å². The number of methoxy groups -OCH3 is 1. The number of benzene rings is 3. The van der Waals surface area contributed by atoms with Gasteiger partial charge in [-0.3, -0.25) is 9.48 Å². The molecular formula is C28H26ClN3O3. The first kappa shape index (κ1) is 24.1. The molecule has 0 aliphatic rings. The monoisotopic (exact) mass is 487 g/mol. The number of para-hydroxylation sites is 1. The van der Waals surface area contributed by atoms with E-state index in [1.54, 1.807) is 30.3 Å². The summed E-state index contributed by atoms with van der Waals surface area (Å²) in [5, 5.41) is 7.83. The van der Waals surface area contributed by atoms with Gasteiger partial charge in [0, 0.05) is 22.9 Å². The van der Waals surface area contributed by atoms with Crippen molar-refractivity contribution in [3.63, 3.8) is 0 Å². The van der Waals surface area contributed by atoms with Crippen LogP contribution in [0.25, 0.3) is 6.08 Å². The Morgan fingerprint density at radius 1 is 1.09 bits per heavy atom. The first-order valence-electron chi connectivity index (χ1n) is 11.1. The third kappa shape index (κ3) is 6.74. The third-order valence-electron chi connectivity index (χ3n) is 5.37. The second-order valence-corrected chi connectivity index (χ2v) is 8.44. The van der Waals surface area contributed by atoms with Crippen LogP contribution in [0.1, 0.15) is 22.3 Å². The number of aryl methyl sites for hydroxylation is 1. The van der Waals surface area contributed by atoms with Gasteiger partial charge < -0.3 is 14.8 Å². The average molecular weight is 488 g/mol. The molecule has 178 valence electrons. The van der Waals surface area contributed by atoms with Gasteiger partial charge in [0.25, 0.3) is 0 Å². The van der Waals surface area contributed by atoms with E-state index in [0.717, 1.165) is 33.8 Å². The Morgan fingerprint density at radius 3 is 2.66 bits per heavy atom. The Balaban J connectivity index is 1.37. The first-order chi connectivity index (χ1) is 17.0. The van der Waals surface area contributed by atoms with E-state index in [-0.39, 0.29) is 5.91 Å². The van der Waals surface area contributed by atoms with Gasteiger partial charge in [-0.05, 0) is 60.0 Å². The van der Waals surface area contributed by atoms with Crippen molar-refractivity contribution in [2.24, 2.45) is 0 Å². The van der Waals surface area contributed by atoms with Crippen LogP contribution in [0.2, 0.25) is 5.02 Å². The lowest BCUT2D eigenvalue weighted by molar-refractivity contribution is -0.111. The molecule has 3 aromatic carbocycles. The van der Waals surface area contributed by atoms with Gasteiger partial charge in [0.2, 0.25) is 5.91 Å². The molecule has 1 heterocycles. The molecule has 0 saturated heterocycles. The van der Waals surface area contributed by atoms with E-state index in [1.165, 1.54) is 6.08 Å². The van der Waals surface area contributed by atoms with Crippen molar-refractivity contribution in [3.05, 3.63) is 112 Å². The molecule has 1 N–H and O–H groups in total. The van der Waals surface area contributed by atoms with E-state index in [0.29, 0.717) is 23.9 Å². The number of carbonyl (C=O) groups is 1. The van der Waals surface area contributed by atoms with Crippen molar-refractivity contribution in [2.75, 3.05) is 12.4 Å². The number of aromatic nitrogens is 2. The number of ether oxygens (including phenoxy) is 2. The van der Waals surface area contributed by atoms with Gasteiger partial charge in [-0.25, -0.2) is 0 Å². The summed E-state index contributed by atoms with van der Waals surface area (Å²) < 4.78 is 13.2. The SMILES string of the molecule is COc1ccc(/C=C/C(=O)Nc2cnn(Cc3ccc(Cl)cc3)c2)cc1COc1ccccc1C. The number of anilines is 1. The molecule has 0 atom stereocenters. The summed E-state index contributed by atoms with van der Waals surface area (Å²) in [4.78, 5) is 12.4. The molecular weight excluding hydrogens is 462 g/mol. The van der Waals surface area contributed by atoms with Gasteiger partial charge in [-0.2, -0.15) is 5.10 Å². The molecule has 0 saturated carbocycles. The molecule has 4 rings (SSSR count). The zero-order valence-electron chi connectivity index (χ0n) is 19.6. The molecule has 0 aliphatic carbocycles. The Kier molecular flexibility index (Phi) is 7.85. The fourth-order valence-electron chi connectivity index (χ4n) is 3.54. The molecule has 0 unspecified atom stereocenters. The number of halogens is 1. The minimum atomic E-state index is -0.246. The van der Waals surface area contributed by atoms with E-state index in [2.05, 4.69) is 10.4 Å². The van der Waals surface area contributed by atoms with Crippen LogP contribution >= 0.6 is 11.6 Å². The Morgan fingerprint density at radius 2 is 1.89 bits per heavy atom. The lowest BCUT2D eigenvalue weighted by Gasteiger charge is -2.12. The highest BCUT2D eigenvalue weighted by molar-refractivity contribution is 6.30. The maximum absolute atomic E-state index is 12.4. The van der Waals surface area contributed by atoms with Crippen LogP contribution in [-0.2, 0) is 17.9 Å². The fraction of sp³-hybridized carbons (Fsp3) is 0.143. The van der Waals surface area contributed by atoms with E-state index in [4.69, 9.17) is 21.1 Å². The Bertz CT molecular complexity index is 1330. The van der Waals surface area contributed by atoms with E-state index >= 15 is 0 Å². The minimum Gasteiger partial charge on any atom is -0.496 e. The lowest BCUT2D eigenvalue weighted by atomic mass is 10.1. The van der Waals surface area contributed by atoms with Crippen LogP contribution in [0.15, 0.2) is 85.2 Å². The highest BCUT2D eigenvalue weighted by Gasteiger charge is 2.07.